The molecule has 2 nitrogen and oxygen atoms in total. The third kappa shape index (κ3) is 0.967. The van der Waals surface area contributed by atoms with Crippen LogP contribution in [-0.2, 0) is 9.53 Å². The first kappa shape index (κ1) is 7.06. The van der Waals surface area contributed by atoms with Crippen molar-refractivity contribution >= 4 is 5.97 Å². The third-order valence-corrected chi connectivity index (χ3v) is 1.78. The molecule has 1 aliphatic rings. The summed E-state index contributed by atoms with van der Waals surface area (Å²) < 4.78 is 4.61. The average molecular weight is 138 g/mol. The SMILES string of the molecule is C=COC(=O)C1(C=C)CC1. The largest absolute Gasteiger partial charge is 0.434 e. The van der Waals surface area contributed by atoms with E-state index < -0.39 is 0 Å². The summed E-state index contributed by atoms with van der Waals surface area (Å²) in [5.41, 5.74) is -0.367. The normalized spacial score (nSPS) is 19.2. The molecule has 0 heterocycles. The van der Waals surface area contributed by atoms with Gasteiger partial charge in [0.1, 0.15) is 0 Å². The van der Waals surface area contributed by atoms with Crippen LogP contribution >= 0.6 is 0 Å². The van der Waals surface area contributed by atoms with Crippen LogP contribution in [0.25, 0.3) is 0 Å². The summed E-state index contributed by atoms with van der Waals surface area (Å²) in [6.07, 6.45) is 4.54. The van der Waals surface area contributed by atoms with E-state index in [9.17, 15) is 4.79 Å². The summed E-state index contributed by atoms with van der Waals surface area (Å²) in [5.74, 6) is -0.225. The van der Waals surface area contributed by atoms with Crippen molar-refractivity contribution < 1.29 is 9.53 Å². The molecule has 1 saturated carbocycles. The molecule has 0 aromatic rings. The Bertz CT molecular complexity index is 178. The molecule has 54 valence electrons. The lowest BCUT2D eigenvalue weighted by molar-refractivity contribution is -0.142. The first-order chi connectivity index (χ1) is 4.75. The molecule has 1 fully saturated rings. The first-order valence-electron chi connectivity index (χ1n) is 3.21. The lowest BCUT2D eigenvalue weighted by Crippen LogP contribution is -2.13. The highest BCUT2D eigenvalue weighted by Crippen LogP contribution is 2.47. The fraction of sp³-hybridized carbons (Fsp3) is 0.375. The molecule has 1 aliphatic carbocycles. The smallest absolute Gasteiger partial charge is 0.320 e. The number of ether oxygens (including phenoxy) is 1. The maximum Gasteiger partial charge on any atom is 0.320 e. The molecular formula is C8H10O2. The van der Waals surface area contributed by atoms with Crippen LogP contribution in [-0.4, -0.2) is 5.97 Å². The Morgan fingerprint density at radius 3 is 2.40 bits per heavy atom. The van der Waals surface area contributed by atoms with Gasteiger partial charge in [-0.25, -0.2) is 0 Å². The molecule has 0 radical (unpaired) electrons. The monoisotopic (exact) mass is 138 g/mol. The van der Waals surface area contributed by atoms with Gasteiger partial charge in [0.15, 0.2) is 0 Å². The number of hydrogen-bond acceptors (Lipinski definition) is 2. The van der Waals surface area contributed by atoms with Gasteiger partial charge in [-0.3, -0.25) is 4.79 Å². The summed E-state index contributed by atoms with van der Waals surface area (Å²) >= 11 is 0. The van der Waals surface area contributed by atoms with Crippen LogP contribution in [0.5, 0.6) is 0 Å². The van der Waals surface area contributed by atoms with Crippen molar-refractivity contribution in [3.63, 3.8) is 0 Å². The number of hydrogen-bond donors (Lipinski definition) is 0. The Morgan fingerprint density at radius 1 is 1.50 bits per heavy atom. The average Bonchev–Trinajstić information content (AvgIpc) is 2.68. The van der Waals surface area contributed by atoms with Gasteiger partial charge in [0.25, 0.3) is 0 Å². The maximum atomic E-state index is 11.0. The zero-order valence-electron chi connectivity index (χ0n) is 5.80. The molecule has 0 aliphatic heterocycles. The number of carbonyl (C=O) groups is 1. The molecule has 0 aromatic heterocycles. The number of carbonyl (C=O) groups excluding carboxylic acids is 1. The molecule has 0 amide bonds. The Labute approximate surface area is 60.2 Å². The van der Waals surface area contributed by atoms with Crippen LogP contribution in [0.3, 0.4) is 0 Å². The third-order valence-electron chi connectivity index (χ3n) is 1.78. The molecule has 0 unspecified atom stereocenters. The fourth-order valence-electron chi connectivity index (χ4n) is 0.819. The minimum absolute atomic E-state index is 0.225. The number of rotatable bonds is 3. The summed E-state index contributed by atoms with van der Waals surface area (Å²) in [7, 11) is 0. The van der Waals surface area contributed by atoms with E-state index in [1.165, 1.54) is 0 Å². The summed E-state index contributed by atoms with van der Waals surface area (Å²) in [4.78, 5) is 11.0. The molecule has 0 spiro atoms. The summed E-state index contributed by atoms with van der Waals surface area (Å²) in [6, 6.07) is 0. The van der Waals surface area contributed by atoms with Crippen LogP contribution in [0, 0.1) is 5.41 Å². The van der Waals surface area contributed by atoms with E-state index in [1.54, 1.807) is 6.08 Å². The molecule has 0 atom stereocenters. The van der Waals surface area contributed by atoms with E-state index in [2.05, 4.69) is 17.9 Å². The highest BCUT2D eigenvalue weighted by Gasteiger charge is 2.48. The topological polar surface area (TPSA) is 26.3 Å². The van der Waals surface area contributed by atoms with Gasteiger partial charge in [-0.05, 0) is 12.8 Å². The standard InChI is InChI=1S/C8H10O2/c1-3-8(5-6-8)7(9)10-4-2/h3-4H,1-2,5-6H2. The van der Waals surface area contributed by atoms with Crippen molar-refractivity contribution in [2.24, 2.45) is 5.41 Å². The van der Waals surface area contributed by atoms with Crippen LogP contribution in [0.4, 0.5) is 0 Å². The van der Waals surface area contributed by atoms with E-state index in [1.807, 2.05) is 0 Å². The van der Waals surface area contributed by atoms with Crippen molar-refractivity contribution in [3.8, 4) is 0 Å². The van der Waals surface area contributed by atoms with Gasteiger partial charge in [-0.1, -0.05) is 12.7 Å². The highest BCUT2D eigenvalue weighted by molar-refractivity contribution is 5.82. The Morgan fingerprint density at radius 2 is 2.10 bits per heavy atom. The van der Waals surface area contributed by atoms with Crippen LogP contribution < -0.4 is 0 Å². The molecular weight excluding hydrogens is 128 g/mol. The van der Waals surface area contributed by atoms with Gasteiger partial charge < -0.3 is 4.74 Å². The van der Waals surface area contributed by atoms with Crippen molar-refractivity contribution in [2.75, 3.05) is 0 Å². The zero-order chi connectivity index (χ0) is 7.61. The molecule has 1 rings (SSSR count). The van der Waals surface area contributed by atoms with Gasteiger partial charge in [0.05, 0.1) is 11.7 Å². The lowest BCUT2D eigenvalue weighted by Gasteiger charge is -2.04. The van der Waals surface area contributed by atoms with Crippen LogP contribution in [0.1, 0.15) is 12.8 Å². The summed E-state index contributed by atoms with van der Waals surface area (Å²) in [5, 5.41) is 0. The van der Waals surface area contributed by atoms with Crippen molar-refractivity contribution in [3.05, 3.63) is 25.5 Å². The second-order valence-corrected chi connectivity index (χ2v) is 2.43. The molecule has 0 N–H and O–H groups in total. The van der Waals surface area contributed by atoms with Gasteiger partial charge in [-0.2, -0.15) is 0 Å². The predicted molar refractivity (Wildman–Crippen MR) is 38.2 cm³/mol. The van der Waals surface area contributed by atoms with Crippen molar-refractivity contribution in [2.45, 2.75) is 12.8 Å². The molecule has 0 aromatic carbocycles. The highest BCUT2D eigenvalue weighted by atomic mass is 16.5. The Hall–Kier alpha value is -1.05. The second-order valence-electron chi connectivity index (χ2n) is 2.43. The van der Waals surface area contributed by atoms with E-state index in [4.69, 9.17) is 0 Å². The Kier molecular flexibility index (Phi) is 1.62. The van der Waals surface area contributed by atoms with Crippen LogP contribution in [0.2, 0.25) is 0 Å². The number of esters is 1. The minimum atomic E-state index is -0.367. The second kappa shape index (κ2) is 2.29. The van der Waals surface area contributed by atoms with Crippen molar-refractivity contribution in [1.29, 1.82) is 0 Å². The van der Waals surface area contributed by atoms with E-state index in [0.717, 1.165) is 19.1 Å². The quantitative estimate of drug-likeness (QED) is 0.336. The fourth-order valence-corrected chi connectivity index (χ4v) is 0.819. The van der Waals surface area contributed by atoms with E-state index >= 15 is 0 Å². The predicted octanol–water partition coefficient (Wildman–Crippen LogP) is 1.64. The van der Waals surface area contributed by atoms with Gasteiger partial charge in [-0.15, -0.1) is 6.58 Å². The lowest BCUT2D eigenvalue weighted by atomic mass is 10.1. The van der Waals surface area contributed by atoms with Gasteiger partial charge >= 0.3 is 5.97 Å². The van der Waals surface area contributed by atoms with E-state index in [0.29, 0.717) is 0 Å². The maximum absolute atomic E-state index is 11.0. The van der Waals surface area contributed by atoms with Gasteiger partial charge in [0, 0.05) is 0 Å². The molecule has 10 heavy (non-hydrogen) atoms. The molecule has 2 heteroatoms. The van der Waals surface area contributed by atoms with Gasteiger partial charge in [0.2, 0.25) is 0 Å². The molecule has 0 bridgehead atoms. The summed E-state index contributed by atoms with van der Waals surface area (Å²) in [6.45, 7) is 6.86. The molecule has 0 saturated heterocycles. The first-order valence-corrected chi connectivity index (χ1v) is 3.21. The van der Waals surface area contributed by atoms with Crippen LogP contribution in [0.15, 0.2) is 25.5 Å². The Balaban J connectivity index is 2.55. The zero-order valence-corrected chi connectivity index (χ0v) is 5.80. The van der Waals surface area contributed by atoms with E-state index in [-0.39, 0.29) is 11.4 Å². The van der Waals surface area contributed by atoms with Crippen molar-refractivity contribution in [1.82, 2.24) is 0 Å². The minimum Gasteiger partial charge on any atom is -0.434 e.